The summed E-state index contributed by atoms with van der Waals surface area (Å²) in [5.74, 6) is 0. The molecule has 2 heteroatoms. The Bertz CT molecular complexity index is 181. The second kappa shape index (κ2) is 3.82. The molecular weight excluding hydrogens is 172 g/mol. The standard InChI is InChI=1S/C12H28N2/c1-10(2,3)8-12(7,14)9(13)11(4,5)6/h9H,8,13-14H2,1-7H3. The van der Waals surface area contributed by atoms with Crippen molar-refractivity contribution in [3.05, 3.63) is 0 Å². The lowest BCUT2D eigenvalue weighted by Gasteiger charge is -2.43. The Morgan fingerprint density at radius 2 is 1.29 bits per heavy atom. The molecule has 0 aliphatic rings. The van der Waals surface area contributed by atoms with Crippen LogP contribution in [0.2, 0.25) is 0 Å². The average molecular weight is 200 g/mol. The maximum Gasteiger partial charge on any atom is 0.0289 e. The molecule has 14 heavy (non-hydrogen) atoms. The summed E-state index contributed by atoms with van der Waals surface area (Å²) >= 11 is 0. The van der Waals surface area contributed by atoms with E-state index in [2.05, 4.69) is 48.5 Å². The highest BCUT2D eigenvalue weighted by Crippen LogP contribution is 2.33. The van der Waals surface area contributed by atoms with E-state index in [-0.39, 0.29) is 22.4 Å². The van der Waals surface area contributed by atoms with Crippen molar-refractivity contribution in [1.29, 1.82) is 0 Å². The van der Waals surface area contributed by atoms with Crippen LogP contribution < -0.4 is 11.5 Å². The van der Waals surface area contributed by atoms with Gasteiger partial charge in [0.2, 0.25) is 0 Å². The maximum absolute atomic E-state index is 6.31. The SMILES string of the molecule is CC(C)(C)CC(C)(N)C(N)C(C)(C)C. The van der Waals surface area contributed by atoms with Crippen LogP contribution in [0.4, 0.5) is 0 Å². The largest absolute Gasteiger partial charge is 0.326 e. The Hall–Kier alpha value is -0.0800. The highest BCUT2D eigenvalue weighted by Gasteiger charge is 2.38. The van der Waals surface area contributed by atoms with Gasteiger partial charge < -0.3 is 11.5 Å². The maximum atomic E-state index is 6.31. The number of rotatable bonds is 2. The normalized spacial score (nSPS) is 20.4. The number of hydrogen-bond acceptors (Lipinski definition) is 2. The molecule has 0 aromatic rings. The summed E-state index contributed by atoms with van der Waals surface area (Å²) in [5.41, 5.74) is 12.5. The molecule has 0 aliphatic carbocycles. The van der Waals surface area contributed by atoms with Gasteiger partial charge in [-0.3, -0.25) is 0 Å². The molecule has 0 aliphatic heterocycles. The summed E-state index contributed by atoms with van der Waals surface area (Å²) in [7, 11) is 0. The zero-order valence-corrected chi connectivity index (χ0v) is 10.9. The molecule has 0 aromatic carbocycles. The lowest BCUT2D eigenvalue weighted by molar-refractivity contribution is 0.162. The highest BCUT2D eigenvalue weighted by molar-refractivity contribution is 4.98. The van der Waals surface area contributed by atoms with E-state index in [0.29, 0.717) is 0 Å². The second-order valence-electron chi connectivity index (χ2n) is 7.09. The Morgan fingerprint density at radius 1 is 0.929 bits per heavy atom. The van der Waals surface area contributed by atoms with Gasteiger partial charge >= 0.3 is 0 Å². The van der Waals surface area contributed by atoms with Gasteiger partial charge in [0, 0.05) is 11.6 Å². The first-order valence-electron chi connectivity index (χ1n) is 5.41. The van der Waals surface area contributed by atoms with Crippen molar-refractivity contribution in [2.24, 2.45) is 22.3 Å². The minimum Gasteiger partial charge on any atom is -0.326 e. The summed E-state index contributed by atoms with van der Waals surface area (Å²) in [6.07, 6.45) is 0.943. The zero-order valence-electron chi connectivity index (χ0n) is 10.9. The summed E-state index contributed by atoms with van der Waals surface area (Å²) in [6, 6.07) is 0.0224. The van der Waals surface area contributed by atoms with E-state index in [4.69, 9.17) is 11.5 Å². The molecule has 86 valence electrons. The summed E-state index contributed by atoms with van der Waals surface area (Å²) in [5, 5.41) is 0. The molecule has 0 spiro atoms. The van der Waals surface area contributed by atoms with Gasteiger partial charge in [0.25, 0.3) is 0 Å². The molecule has 0 saturated heterocycles. The first kappa shape index (κ1) is 13.9. The monoisotopic (exact) mass is 200 g/mol. The molecule has 0 rings (SSSR count). The minimum absolute atomic E-state index is 0.0224. The molecule has 0 bridgehead atoms. The third-order valence-corrected chi connectivity index (χ3v) is 2.55. The predicted octanol–water partition coefficient (Wildman–Crippen LogP) is 2.51. The number of nitrogens with two attached hydrogens (primary N) is 2. The van der Waals surface area contributed by atoms with Crippen molar-refractivity contribution in [2.45, 2.75) is 66.5 Å². The van der Waals surface area contributed by atoms with Crippen LogP contribution in [0, 0.1) is 10.8 Å². The smallest absolute Gasteiger partial charge is 0.0289 e. The molecule has 2 atom stereocenters. The van der Waals surface area contributed by atoms with Gasteiger partial charge in [-0.25, -0.2) is 0 Å². The molecule has 2 unspecified atom stereocenters. The lowest BCUT2D eigenvalue weighted by atomic mass is 9.70. The molecule has 0 amide bonds. The van der Waals surface area contributed by atoms with Crippen LogP contribution in [-0.2, 0) is 0 Å². The Balaban J connectivity index is 4.63. The Kier molecular flexibility index (Phi) is 3.80. The van der Waals surface area contributed by atoms with Crippen molar-refractivity contribution in [3.8, 4) is 0 Å². The van der Waals surface area contributed by atoms with Crippen molar-refractivity contribution in [2.75, 3.05) is 0 Å². The summed E-state index contributed by atoms with van der Waals surface area (Å²) in [4.78, 5) is 0. The van der Waals surface area contributed by atoms with Crippen molar-refractivity contribution in [1.82, 2.24) is 0 Å². The second-order valence-corrected chi connectivity index (χ2v) is 7.09. The molecule has 2 nitrogen and oxygen atoms in total. The van der Waals surface area contributed by atoms with Gasteiger partial charge in [-0.2, -0.15) is 0 Å². The molecule has 0 fully saturated rings. The Labute approximate surface area is 89.4 Å². The van der Waals surface area contributed by atoms with Gasteiger partial charge in [0.15, 0.2) is 0 Å². The van der Waals surface area contributed by atoms with Crippen LogP contribution in [0.5, 0.6) is 0 Å². The van der Waals surface area contributed by atoms with Crippen molar-refractivity contribution >= 4 is 0 Å². The molecular formula is C12H28N2. The van der Waals surface area contributed by atoms with Gasteiger partial charge in [-0.1, -0.05) is 41.5 Å². The quantitative estimate of drug-likeness (QED) is 0.719. The minimum atomic E-state index is -0.295. The fraction of sp³-hybridized carbons (Fsp3) is 1.00. The fourth-order valence-electron chi connectivity index (χ4n) is 2.24. The van der Waals surface area contributed by atoms with Crippen LogP contribution in [0.15, 0.2) is 0 Å². The van der Waals surface area contributed by atoms with Crippen LogP contribution in [0.3, 0.4) is 0 Å². The lowest BCUT2D eigenvalue weighted by Crippen LogP contribution is -2.60. The van der Waals surface area contributed by atoms with Crippen LogP contribution >= 0.6 is 0 Å². The van der Waals surface area contributed by atoms with Gasteiger partial charge in [0.1, 0.15) is 0 Å². The summed E-state index contributed by atoms with van der Waals surface area (Å²) < 4.78 is 0. The third-order valence-electron chi connectivity index (χ3n) is 2.55. The molecule has 0 saturated carbocycles. The zero-order chi connectivity index (χ0) is 11.8. The van der Waals surface area contributed by atoms with Gasteiger partial charge in [-0.15, -0.1) is 0 Å². The average Bonchev–Trinajstić information content (AvgIpc) is 1.78. The number of hydrogen-bond donors (Lipinski definition) is 2. The predicted molar refractivity (Wildman–Crippen MR) is 64.1 cm³/mol. The van der Waals surface area contributed by atoms with E-state index < -0.39 is 0 Å². The van der Waals surface area contributed by atoms with Gasteiger partial charge in [-0.05, 0) is 24.2 Å². The van der Waals surface area contributed by atoms with E-state index in [1.807, 2.05) is 0 Å². The van der Waals surface area contributed by atoms with E-state index in [9.17, 15) is 0 Å². The third kappa shape index (κ3) is 4.43. The van der Waals surface area contributed by atoms with Crippen LogP contribution in [0.1, 0.15) is 54.9 Å². The first-order chi connectivity index (χ1) is 5.86. The van der Waals surface area contributed by atoms with Crippen LogP contribution in [0.25, 0.3) is 0 Å². The summed E-state index contributed by atoms with van der Waals surface area (Å²) in [6.45, 7) is 15.1. The van der Waals surface area contributed by atoms with Crippen LogP contribution in [-0.4, -0.2) is 11.6 Å². The van der Waals surface area contributed by atoms with E-state index in [1.54, 1.807) is 0 Å². The fourth-order valence-corrected chi connectivity index (χ4v) is 2.24. The molecule has 0 radical (unpaired) electrons. The van der Waals surface area contributed by atoms with Crippen molar-refractivity contribution < 1.29 is 0 Å². The Morgan fingerprint density at radius 3 is 1.50 bits per heavy atom. The van der Waals surface area contributed by atoms with E-state index in [1.165, 1.54) is 0 Å². The topological polar surface area (TPSA) is 52.0 Å². The molecule has 0 heterocycles. The molecule has 0 aromatic heterocycles. The van der Waals surface area contributed by atoms with E-state index >= 15 is 0 Å². The van der Waals surface area contributed by atoms with Crippen molar-refractivity contribution in [3.63, 3.8) is 0 Å². The van der Waals surface area contributed by atoms with E-state index in [0.717, 1.165) is 6.42 Å². The molecule has 4 N–H and O–H groups in total. The first-order valence-corrected chi connectivity index (χ1v) is 5.41. The highest BCUT2D eigenvalue weighted by atomic mass is 14.9. The van der Waals surface area contributed by atoms with Gasteiger partial charge in [0.05, 0.1) is 0 Å².